The first kappa shape index (κ1) is 9.93. The summed E-state index contributed by atoms with van der Waals surface area (Å²) in [5.41, 5.74) is 5.50. The number of ether oxygens (including phenoxy) is 1. The third-order valence-corrected chi connectivity index (χ3v) is 2.96. The fourth-order valence-electron chi connectivity index (χ4n) is 1.97. The van der Waals surface area contributed by atoms with Crippen molar-refractivity contribution in [1.29, 1.82) is 0 Å². The summed E-state index contributed by atoms with van der Waals surface area (Å²) in [5.74, 6) is 0.613. The summed E-state index contributed by atoms with van der Waals surface area (Å²) in [6.07, 6.45) is 3.67. The Kier molecular flexibility index (Phi) is 2.74. The van der Waals surface area contributed by atoms with Crippen LogP contribution in [0.5, 0.6) is 0 Å². The lowest BCUT2D eigenvalue weighted by molar-refractivity contribution is -0.123. The summed E-state index contributed by atoms with van der Waals surface area (Å²) in [5, 5.41) is 2.96. The van der Waals surface area contributed by atoms with Crippen LogP contribution in [-0.4, -0.2) is 30.7 Å². The second-order valence-electron chi connectivity index (χ2n) is 4.37. The lowest BCUT2D eigenvalue weighted by Crippen LogP contribution is -2.47. The predicted octanol–water partition coefficient (Wildman–Crippen LogP) is 0.0173. The number of rotatable bonds is 3. The summed E-state index contributed by atoms with van der Waals surface area (Å²) in [4.78, 5) is 11.4. The topological polar surface area (TPSA) is 64.4 Å². The van der Waals surface area contributed by atoms with Crippen LogP contribution in [0.4, 0.5) is 0 Å². The van der Waals surface area contributed by atoms with Gasteiger partial charge in [-0.25, -0.2) is 0 Å². The third-order valence-electron chi connectivity index (χ3n) is 2.96. The van der Waals surface area contributed by atoms with E-state index in [1.165, 1.54) is 12.8 Å². The van der Waals surface area contributed by atoms with E-state index in [-0.39, 0.29) is 18.1 Å². The Bertz CT molecular complexity index is 226. The van der Waals surface area contributed by atoms with Crippen LogP contribution in [-0.2, 0) is 9.53 Å². The second kappa shape index (κ2) is 3.87. The molecule has 2 aliphatic rings. The van der Waals surface area contributed by atoms with Crippen molar-refractivity contribution in [3.05, 3.63) is 0 Å². The van der Waals surface area contributed by atoms with Gasteiger partial charge in [0.2, 0.25) is 5.91 Å². The van der Waals surface area contributed by atoms with Crippen molar-refractivity contribution in [2.45, 2.75) is 44.4 Å². The number of hydrogen-bond donors (Lipinski definition) is 2. The quantitative estimate of drug-likeness (QED) is 0.672. The Balaban J connectivity index is 1.86. The first-order valence-corrected chi connectivity index (χ1v) is 5.36. The Morgan fingerprint density at radius 2 is 2.21 bits per heavy atom. The smallest absolute Gasteiger partial charge is 0.236 e. The van der Waals surface area contributed by atoms with Crippen LogP contribution in [0.15, 0.2) is 0 Å². The van der Waals surface area contributed by atoms with Crippen LogP contribution in [0.3, 0.4) is 0 Å². The second-order valence-corrected chi connectivity index (χ2v) is 4.37. The molecule has 3 N–H and O–H groups in total. The van der Waals surface area contributed by atoms with Crippen LogP contribution >= 0.6 is 0 Å². The molecule has 14 heavy (non-hydrogen) atoms. The molecule has 4 heteroatoms. The SMILES string of the molecule is C[C@@H](N)C(=O)NC1CCOC1C1CC1. The van der Waals surface area contributed by atoms with E-state index < -0.39 is 6.04 Å². The molecule has 1 amide bonds. The minimum Gasteiger partial charge on any atom is -0.376 e. The zero-order valence-electron chi connectivity index (χ0n) is 8.53. The van der Waals surface area contributed by atoms with Gasteiger partial charge < -0.3 is 15.8 Å². The molecule has 1 aliphatic carbocycles. The highest BCUT2D eigenvalue weighted by molar-refractivity contribution is 5.81. The Morgan fingerprint density at radius 1 is 1.50 bits per heavy atom. The van der Waals surface area contributed by atoms with Gasteiger partial charge in [-0.3, -0.25) is 4.79 Å². The summed E-state index contributed by atoms with van der Waals surface area (Å²) < 4.78 is 5.61. The van der Waals surface area contributed by atoms with Gasteiger partial charge in [-0.1, -0.05) is 0 Å². The van der Waals surface area contributed by atoms with Crippen molar-refractivity contribution in [2.24, 2.45) is 11.7 Å². The van der Waals surface area contributed by atoms with E-state index in [1.54, 1.807) is 6.92 Å². The summed E-state index contributed by atoms with van der Waals surface area (Å²) in [6.45, 7) is 2.47. The number of nitrogens with two attached hydrogens (primary N) is 1. The average molecular weight is 198 g/mol. The summed E-state index contributed by atoms with van der Waals surface area (Å²) in [7, 11) is 0. The first-order chi connectivity index (χ1) is 6.68. The monoisotopic (exact) mass is 198 g/mol. The van der Waals surface area contributed by atoms with Crippen LogP contribution in [0.1, 0.15) is 26.2 Å². The molecular formula is C10H18N2O2. The van der Waals surface area contributed by atoms with E-state index in [2.05, 4.69) is 5.32 Å². The molecule has 0 aromatic carbocycles. The largest absolute Gasteiger partial charge is 0.376 e. The highest BCUT2D eigenvalue weighted by Gasteiger charge is 2.41. The normalized spacial score (nSPS) is 34.1. The van der Waals surface area contributed by atoms with Crippen molar-refractivity contribution < 1.29 is 9.53 Å². The molecule has 1 heterocycles. The van der Waals surface area contributed by atoms with Crippen LogP contribution in [0.2, 0.25) is 0 Å². The molecule has 0 spiro atoms. The van der Waals surface area contributed by atoms with Gasteiger partial charge in [-0.15, -0.1) is 0 Å². The number of amides is 1. The Morgan fingerprint density at radius 3 is 2.79 bits per heavy atom. The first-order valence-electron chi connectivity index (χ1n) is 5.36. The van der Waals surface area contributed by atoms with Crippen molar-refractivity contribution >= 4 is 5.91 Å². The Hall–Kier alpha value is -0.610. The zero-order valence-corrected chi connectivity index (χ0v) is 8.53. The lowest BCUT2D eigenvalue weighted by atomic mass is 10.1. The molecule has 0 aromatic heterocycles. The molecule has 3 atom stereocenters. The van der Waals surface area contributed by atoms with Crippen molar-refractivity contribution in [2.75, 3.05) is 6.61 Å². The van der Waals surface area contributed by atoms with E-state index in [9.17, 15) is 4.79 Å². The molecule has 4 nitrogen and oxygen atoms in total. The van der Waals surface area contributed by atoms with Crippen LogP contribution in [0.25, 0.3) is 0 Å². The van der Waals surface area contributed by atoms with Gasteiger partial charge in [0.15, 0.2) is 0 Å². The van der Waals surface area contributed by atoms with Crippen LogP contribution in [0, 0.1) is 5.92 Å². The van der Waals surface area contributed by atoms with Crippen molar-refractivity contribution in [3.8, 4) is 0 Å². The third kappa shape index (κ3) is 2.07. The molecule has 2 unspecified atom stereocenters. The van der Waals surface area contributed by atoms with E-state index in [1.807, 2.05) is 0 Å². The number of nitrogens with one attached hydrogen (secondary N) is 1. The molecule has 2 fully saturated rings. The average Bonchev–Trinajstić information content (AvgIpc) is 2.88. The lowest BCUT2D eigenvalue weighted by Gasteiger charge is -2.20. The summed E-state index contributed by atoms with van der Waals surface area (Å²) in [6, 6.07) is -0.226. The van der Waals surface area contributed by atoms with Gasteiger partial charge in [-0.05, 0) is 32.1 Å². The fraction of sp³-hybridized carbons (Fsp3) is 0.900. The van der Waals surface area contributed by atoms with E-state index >= 15 is 0 Å². The van der Waals surface area contributed by atoms with E-state index in [0.29, 0.717) is 5.92 Å². The molecule has 0 bridgehead atoms. The minimum absolute atomic E-state index is 0.0637. The number of carbonyl (C=O) groups excluding carboxylic acids is 1. The molecule has 0 radical (unpaired) electrons. The maximum Gasteiger partial charge on any atom is 0.236 e. The highest BCUT2D eigenvalue weighted by atomic mass is 16.5. The number of carbonyl (C=O) groups is 1. The van der Waals surface area contributed by atoms with Crippen LogP contribution < -0.4 is 11.1 Å². The van der Waals surface area contributed by atoms with E-state index in [0.717, 1.165) is 13.0 Å². The molecule has 80 valence electrons. The molecule has 1 aliphatic heterocycles. The standard InChI is InChI=1S/C10H18N2O2/c1-6(11)10(13)12-8-4-5-14-9(8)7-2-3-7/h6-9H,2-5,11H2,1H3,(H,12,13)/t6-,8?,9?/m1/s1. The maximum atomic E-state index is 11.4. The maximum absolute atomic E-state index is 11.4. The van der Waals surface area contributed by atoms with Gasteiger partial charge in [0, 0.05) is 6.61 Å². The van der Waals surface area contributed by atoms with Gasteiger partial charge in [0.1, 0.15) is 0 Å². The number of hydrogen-bond acceptors (Lipinski definition) is 3. The molecular weight excluding hydrogens is 180 g/mol. The highest BCUT2D eigenvalue weighted by Crippen LogP contribution is 2.38. The van der Waals surface area contributed by atoms with Gasteiger partial charge in [0.05, 0.1) is 18.2 Å². The molecule has 0 aromatic rings. The van der Waals surface area contributed by atoms with Gasteiger partial charge in [-0.2, -0.15) is 0 Å². The molecule has 1 saturated heterocycles. The van der Waals surface area contributed by atoms with Gasteiger partial charge >= 0.3 is 0 Å². The van der Waals surface area contributed by atoms with Crippen molar-refractivity contribution in [3.63, 3.8) is 0 Å². The fourth-order valence-corrected chi connectivity index (χ4v) is 1.97. The molecule has 2 rings (SSSR count). The van der Waals surface area contributed by atoms with E-state index in [4.69, 9.17) is 10.5 Å². The zero-order chi connectivity index (χ0) is 10.1. The summed E-state index contributed by atoms with van der Waals surface area (Å²) >= 11 is 0. The predicted molar refractivity (Wildman–Crippen MR) is 52.7 cm³/mol. The minimum atomic E-state index is -0.421. The van der Waals surface area contributed by atoms with Crippen molar-refractivity contribution in [1.82, 2.24) is 5.32 Å². The van der Waals surface area contributed by atoms with Gasteiger partial charge in [0.25, 0.3) is 0 Å². The Labute approximate surface area is 84.2 Å². The molecule has 1 saturated carbocycles.